The van der Waals surface area contributed by atoms with Gasteiger partial charge < -0.3 is 14.1 Å². The summed E-state index contributed by atoms with van der Waals surface area (Å²) in [4.78, 5) is 14.5. The largest absolute Gasteiger partial charge is 0.494 e. The van der Waals surface area contributed by atoms with Crippen molar-refractivity contribution in [2.45, 2.75) is 13.5 Å². The Labute approximate surface area is 145 Å². The molecule has 1 heterocycles. The van der Waals surface area contributed by atoms with Crippen LogP contribution in [0.2, 0.25) is 0 Å². The standard InChI is InChI=1S/C20H18FNO3/c1-14-5-8-16(9-6-14)22(13-17-4-3-11-25-17)20(23)15-7-10-19(24-2)18(21)12-15/h3-12H,13H2,1-2H3. The van der Waals surface area contributed by atoms with E-state index in [1.54, 1.807) is 29.4 Å². The van der Waals surface area contributed by atoms with Gasteiger partial charge in [-0.3, -0.25) is 4.79 Å². The molecule has 0 bridgehead atoms. The first kappa shape index (κ1) is 16.8. The van der Waals surface area contributed by atoms with Crippen LogP contribution >= 0.6 is 0 Å². The predicted octanol–water partition coefficient (Wildman–Crippen LogP) is 4.58. The molecule has 0 atom stereocenters. The van der Waals surface area contributed by atoms with E-state index in [0.717, 1.165) is 5.56 Å². The van der Waals surface area contributed by atoms with Crippen molar-refractivity contribution in [2.24, 2.45) is 0 Å². The Bertz CT molecular complexity index is 857. The summed E-state index contributed by atoms with van der Waals surface area (Å²) < 4.78 is 24.3. The van der Waals surface area contributed by atoms with E-state index in [2.05, 4.69) is 0 Å². The van der Waals surface area contributed by atoms with Crippen LogP contribution in [-0.4, -0.2) is 13.0 Å². The number of ether oxygens (including phenoxy) is 1. The monoisotopic (exact) mass is 339 g/mol. The van der Waals surface area contributed by atoms with Crippen LogP contribution in [0.15, 0.2) is 65.3 Å². The van der Waals surface area contributed by atoms with Gasteiger partial charge in [0.1, 0.15) is 5.76 Å². The molecule has 3 rings (SSSR count). The van der Waals surface area contributed by atoms with E-state index in [0.29, 0.717) is 11.4 Å². The molecule has 128 valence electrons. The number of amides is 1. The highest BCUT2D eigenvalue weighted by atomic mass is 19.1. The average Bonchev–Trinajstić information content (AvgIpc) is 3.13. The van der Waals surface area contributed by atoms with Gasteiger partial charge in [0.25, 0.3) is 5.91 Å². The zero-order valence-corrected chi connectivity index (χ0v) is 14.0. The van der Waals surface area contributed by atoms with Crippen LogP contribution in [0.5, 0.6) is 5.75 Å². The van der Waals surface area contributed by atoms with E-state index in [1.165, 1.54) is 19.2 Å². The molecule has 2 aromatic carbocycles. The summed E-state index contributed by atoms with van der Waals surface area (Å²) in [5, 5.41) is 0. The fourth-order valence-corrected chi connectivity index (χ4v) is 2.52. The Morgan fingerprint density at radius 3 is 2.52 bits per heavy atom. The molecule has 25 heavy (non-hydrogen) atoms. The Morgan fingerprint density at radius 2 is 1.92 bits per heavy atom. The van der Waals surface area contributed by atoms with E-state index in [9.17, 15) is 9.18 Å². The molecule has 3 aromatic rings. The number of anilines is 1. The zero-order chi connectivity index (χ0) is 17.8. The molecule has 4 nitrogen and oxygen atoms in total. The molecular formula is C20H18FNO3. The first-order valence-electron chi connectivity index (χ1n) is 7.83. The second-order valence-electron chi connectivity index (χ2n) is 5.66. The number of furan rings is 1. The Morgan fingerprint density at radius 1 is 1.16 bits per heavy atom. The maximum absolute atomic E-state index is 14.0. The summed E-state index contributed by atoms with van der Waals surface area (Å²) in [5.41, 5.74) is 2.04. The van der Waals surface area contributed by atoms with Crippen LogP contribution in [0.4, 0.5) is 10.1 Å². The summed E-state index contributed by atoms with van der Waals surface area (Å²) in [5.74, 6) is -0.149. The molecule has 0 fully saturated rings. The quantitative estimate of drug-likeness (QED) is 0.683. The number of rotatable bonds is 5. The molecule has 0 aliphatic carbocycles. The number of aryl methyl sites for hydroxylation is 1. The number of methoxy groups -OCH3 is 1. The van der Waals surface area contributed by atoms with Gasteiger partial charge >= 0.3 is 0 Å². The molecule has 0 radical (unpaired) electrons. The molecule has 5 heteroatoms. The molecule has 0 spiro atoms. The third kappa shape index (κ3) is 3.71. The second kappa shape index (κ2) is 7.21. The molecule has 0 N–H and O–H groups in total. The zero-order valence-electron chi connectivity index (χ0n) is 14.0. The second-order valence-corrected chi connectivity index (χ2v) is 5.66. The molecule has 1 amide bonds. The Hall–Kier alpha value is -3.08. The lowest BCUT2D eigenvalue weighted by Gasteiger charge is -2.22. The van der Waals surface area contributed by atoms with Gasteiger partial charge in [-0.25, -0.2) is 4.39 Å². The molecule has 0 saturated carbocycles. The van der Waals surface area contributed by atoms with Gasteiger partial charge in [-0.2, -0.15) is 0 Å². The van der Waals surface area contributed by atoms with Gasteiger partial charge in [0.15, 0.2) is 11.6 Å². The number of carbonyl (C=O) groups is 1. The minimum atomic E-state index is -0.574. The third-order valence-corrected chi connectivity index (χ3v) is 3.88. The topological polar surface area (TPSA) is 42.7 Å². The highest BCUT2D eigenvalue weighted by Crippen LogP contribution is 2.24. The Kier molecular flexibility index (Phi) is 4.84. The molecular weight excluding hydrogens is 321 g/mol. The molecule has 1 aromatic heterocycles. The van der Waals surface area contributed by atoms with E-state index in [1.807, 2.05) is 31.2 Å². The van der Waals surface area contributed by atoms with Crippen LogP contribution in [0.3, 0.4) is 0 Å². The van der Waals surface area contributed by atoms with Crippen molar-refractivity contribution in [1.29, 1.82) is 0 Å². The van der Waals surface area contributed by atoms with Gasteiger partial charge in [0, 0.05) is 11.3 Å². The van der Waals surface area contributed by atoms with Crippen LogP contribution in [0, 0.1) is 12.7 Å². The summed E-state index contributed by atoms with van der Waals surface area (Å²) >= 11 is 0. The van der Waals surface area contributed by atoms with Crippen molar-refractivity contribution in [3.05, 3.63) is 83.6 Å². The van der Waals surface area contributed by atoms with Gasteiger partial charge in [-0.1, -0.05) is 17.7 Å². The predicted molar refractivity (Wildman–Crippen MR) is 93.4 cm³/mol. The number of hydrogen-bond acceptors (Lipinski definition) is 3. The van der Waals surface area contributed by atoms with Gasteiger partial charge in [-0.15, -0.1) is 0 Å². The number of hydrogen-bond donors (Lipinski definition) is 0. The van der Waals surface area contributed by atoms with Gasteiger partial charge in [-0.05, 0) is 49.4 Å². The Balaban J connectivity index is 1.96. The lowest BCUT2D eigenvalue weighted by atomic mass is 10.1. The minimum absolute atomic E-state index is 0.101. The van der Waals surface area contributed by atoms with Gasteiger partial charge in [0.05, 0.1) is 19.9 Å². The summed E-state index contributed by atoms with van der Waals surface area (Å²) in [6.45, 7) is 2.23. The fraction of sp³-hybridized carbons (Fsp3) is 0.150. The maximum Gasteiger partial charge on any atom is 0.258 e. The van der Waals surface area contributed by atoms with Crippen molar-refractivity contribution in [3.8, 4) is 5.75 Å². The first-order chi connectivity index (χ1) is 12.1. The van der Waals surface area contributed by atoms with E-state index in [4.69, 9.17) is 9.15 Å². The van der Waals surface area contributed by atoms with Crippen molar-refractivity contribution < 1.29 is 18.3 Å². The summed E-state index contributed by atoms with van der Waals surface area (Å²) in [6.07, 6.45) is 1.56. The number of carbonyl (C=O) groups excluding carboxylic acids is 1. The molecule has 0 aliphatic rings. The van der Waals surface area contributed by atoms with E-state index >= 15 is 0 Å². The number of halogens is 1. The van der Waals surface area contributed by atoms with Crippen LogP contribution in [0.25, 0.3) is 0 Å². The van der Waals surface area contributed by atoms with Crippen LogP contribution in [-0.2, 0) is 6.54 Å². The maximum atomic E-state index is 14.0. The normalized spacial score (nSPS) is 10.5. The van der Waals surface area contributed by atoms with Crippen molar-refractivity contribution in [2.75, 3.05) is 12.0 Å². The first-order valence-corrected chi connectivity index (χ1v) is 7.83. The van der Waals surface area contributed by atoms with Crippen LogP contribution < -0.4 is 9.64 Å². The van der Waals surface area contributed by atoms with Gasteiger partial charge in [0.2, 0.25) is 0 Å². The lowest BCUT2D eigenvalue weighted by Crippen LogP contribution is -2.30. The van der Waals surface area contributed by atoms with E-state index in [-0.39, 0.29) is 23.8 Å². The van der Waals surface area contributed by atoms with Crippen LogP contribution in [0.1, 0.15) is 21.7 Å². The van der Waals surface area contributed by atoms with Crippen molar-refractivity contribution >= 4 is 11.6 Å². The third-order valence-electron chi connectivity index (χ3n) is 3.88. The van der Waals surface area contributed by atoms with Crippen molar-refractivity contribution in [1.82, 2.24) is 0 Å². The highest BCUT2D eigenvalue weighted by molar-refractivity contribution is 6.06. The minimum Gasteiger partial charge on any atom is -0.494 e. The lowest BCUT2D eigenvalue weighted by molar-refractivity contribution is 0.0982. The average molecular weight is 339 g/mol. The summed E-state index contributed by atoms with van der Waals surface area (Å²) in [7, 11) is 1.38. The molecule has 0 unspecified atom stereocenters. The molecule has 0 aliphatic heterocycles. The fourth-order valence-electron chi connectivity index (χ4n) is 2.52. The van der Waals surface area contributed by atoms with Crippen molar-refractivity contribution in [3.63, 3.8) is 0 Å². The SMILES string of the molecule is COc1ccc(C(=O)N(Cc2ccco2)c2ccc(C)cc2)cc1F. The molecule has 0 saturated heterocycles. The van der Waals surface area contributed by atoms with E-state index < -0.39 is 5.82 Å². The smallest absolute Gasteiger partial charge is 0.258 e. The highest BCUT2D eigenvalue weighted by Gasteiger charge is 2.20. The number of benzene rings is 2. The number of nitrogens with zero attached hydrogens (tertiary/aromatic N) is 1. The summed E-state index contributed by atoms with van der Waals surface area (Å²) in [6, 6.07) is 15.3.